The highest BCUT2D eigenvalue weighted by molar-refractivity contribution is 5.42. The lowest BCUT2D eigenvalue weighted by atomic mass is 9.99. The Labute approximate surface area is 82.9 Å². The zero-order chi connectivity index (χ0) is 10.3. The summed E-state index contributed by atoms with van der Waals surface area (Å²) < 4.78 is 18.2. The molecule has 76 valence electrons. The molecule has 0 spiro atoms. The summed E-state index contributed by atoms with van der Waals surface area (Å²) in [6, 6.07) is 3.21. The van der Waals surface area contributed by atoms with Crippen molar-refractivity contribution in [1.82, 2.24) is 0 Å². The summed E-state index contributed by atoms with van der Waals surface area (Å²) in [6.07, 6.45) is 1.95. The number of nitrogens with two attached hydrogens (primary N) is 1. The van der Waals surface area contributed by atoms with Crippen LogP contribution in [0.15, 0.2) is 12.1 Å². The largest absolute Gasteiger partial charge is 0.494 e. The maximum atomic E-state index is 13.3. The van der Waals surface area contributed by atoms with Gasteiger partial charge < -0.3 is 10.5 Å². The Morgan fingerprint density at radius 3 is 2.57 bits per heavy atom. The lowest BCUT2D eigenvalue weighted by Gasteiger charge is -2.14. The summed E-state index contributed by atoms with van der Waals surface area (Å²) in [4.78, 5) is 0. The summed E-state index contributed by atoms with van der Waals surface area (Å²) >= 11 is 0. The van der Waals surface area contributed by atoms with Crippen molar-refractivity contribution in [1.29, 1.82) is 0 Å². The van der Waals surface area contributed by atoms with Gasteiger partial charge in [-0.05, 0) is 43.0 Å². The molecule has 0 aromatic heterocycles. The van der Waals surface area contributed by atoms with Gasteiger partial charge in [0.25, 0.3) is 0 Å². The Morgan fingerprint density at radius 1 is 1.43 bits per heavy atom. The Balaban J connectivity index is 2.50. The van der Waals surface area contributed by atoms with Gasteiger partial charge in [-0.15, -0.1) is 0 Å². The SMILES string of the molecule is COc1cc(C2(N)CC2)c(C)cc1F. The van der Waals surface area contributed by atoms with Crippen LogP contribution in [0.3, 0.4) is 0 Å². The van der Waals surface area contributed by atoms with E-state index >= 15 is 0 Å². The quantitative estimate of drug-likeness (QED) is 0.784. The minimum Gasteiger partial charge on any atom is -0.494 e. The van der Waals surface area contributed by atoms with E-state index in [0.717, 1.165) is 24.0 Å². The molecule has 0 heterocycles. The molecule has 0 amide bonds. The third-order valence-corrected chi connectivity index (χ3v) is 2.82. The molecule has 2 N–H and O–H groups in total. The third-order valence-electron chi connectivity index (χ3n) is 2.82. The van der Waals surface area contributed by atoms with Gasteiger partial charge in [0.15, 0.2) is 11.6 Å². The number of rotatable bonds is 2. The van der Waals surface area contributed by atoms with E-state index in [4.69, 9.17) is 10.5 Å². The predicted molar refractivity (Wildman–Crippen MR) is 52.8 cm³/mol. The van der Waals surface area contributed by atoms with Gasteiger partial charge in [-0.3, -0.25) is 0 Å². The summed E-state index contributed by atoms with van der Waals surface area (Å²) in [5, 5.41) is 0. The van der Waals surface area contributed by atoms with Gasteiger partial charge in [0.1, 0.15) is 0 Å². The van der Waals surface area contributed by atoms with Crippen LogP contribution in [0.5, 0.6) is 5.75 Å². The summed E-state index contributed by atoms with van der Waals surface area (Å²) in [5.74, 6) is -0.0414. The Bertz CT molecular complexity index is 372. The van der Waals surface area contributed by atoms with Crippen molar-refractivity contribution < 1.29 is 9.13 Å². The van der Waals surface area contributed by atoms with Crippen LogP contribution in [-0.2, 0) is 5.54 Å². The third kappa shape index (κ3) is 1.38. The smallest absolute Gasteiger partial charge is 0.165 e. The number of hydrogen-bond acceptors (Lipinski definition) is 2. The second kappa shape index (κ2) is 2.95. The molecule has 3 heteroatoms. The number of hydrogen-bond donors (Lipinski definition) is 1. The van der Waals surface area contributed by atoms with Crippen molar-refractivity contribution in [3.05, 3.63) is 29.1 Å². The Kier molecular flexibility index (Phi) is 2.00. The molecule has 1 saturated carbocycles. The fourth-order valence-corrected chi connectivity index (χ4v) is 1.75. The molecule has 1 aromatic carbocycles. The van der Waals surface area contributed by atoms with Gasteiger partial charge in [-0.1, -0.05) is 0 Å². The van der Waals surface area contributed by atoms with E-state index in [9.17, 15) is 4.39 Å². The number of benzene rings is 1. The molecule has 0 bridgehead atoms. The van der Waals surface area contributed by atoms with Crippen LogP contribution in [0.25, 0.3) is 0 Å². The van der Waals surface area contributed by atoms with E-state index in [2.05, 4.69) is 0 Å². The predicted octanol–water partition coefficient (Wildman–Crippen LogP) is 2.09. The molecule has 0 saturated heterocycles. The van der Waals surface area contributed by atoms with Crippen molar-refractivity contribution in [2.45, 2.75) is 25.3 Å². The second-order valence-corrected chi connectivity index (χ2v) is 3.96. The number of methoxy groups -OCH3 is 1. The number of ether oxygens (including phenoxy) is 1. The number of halogens is 1. The minimum atomic E-state index is -0.321. The van der Waals surface area contributed by atoms with Gasteiger partial charge in [0.2, 0.25) is 0 Å². The normalized spacial score (nSPS) is 18.0. The number of aryl methyl sites for hydroxylation is 1. The fraction of sp³-hybridized carbons (Fsp3) is 0.455. The van der Waals surface area contributed by atoms with Gasteiger partial charge in [0.05, 0.1) is 7.11 Å². The molecule has 2 nitrogen and oxygen atoms in total. The van der Waals surface area contributed by atoms with Crippen LogP contribution in [0.4, 0.5) is 4.39 Å². The average Bonchev–Trinajstić information content (AvgIpc) is 2.85. The van der Waals surface area contributed by atoms with E-state index in [1.165, 1.54) is 13.2 Å². The van der Waals surface area contributed by atoms with Gasteiger partial charge in [0, 0.05) is 5.54 Å². The summed E-state index contributed by atoms with van der Waals surface area (Å²) in [7, 11) is 1.47. The average molecular weight is 195 g/mol. The van der Waals surface area contributed by atoms with Gasteiger partial charge in [-0.2, -0.15) is 0 Å². The van der Waals surface area contributed by atoms with Crippen molar-refractivity contribution >= 4 is 0 Å². The first-order valence-electron chi connectivity index (χ1n) is 4.70. The molecule has 0 aliphatic heterocycles. The van der Waals surface area contributed by atoms with Crippen LogP contribution in [0.2, 0.25) is 0 Å². The standard InChI is InChI=1S/C11H14FNO/c1-7-5-9(12)10(14-2)6-8(7)11(13)3-4-11/h5-6H,3-4,13H2,1-2H3. The van der Waals surface area contributed by atoms with Crippen LogP contribution < -0.4 is 10.5 Å². The van der Waals surface area contributed by atoms with E-state index in [0.29, 0.717) is 0 Å². The minimum absolute atomic E-state index is 0.231. The molecule has 0 radical (unpaired) electrons. The van der Waals surface area contributed by atoms with Crippen molar-refractivity contribution in [2.75, 3.05) is 7.11 Å². The van der Waals surface area contributed by atoms with Crippen LogP contribution in [-0.4, -0.2) is 7.11 Å². The highest BCUT2D eigenvalue weighted by Crippen LogP contribution is 2.45. The van der Waals surface area contributed by atoms with Gasteiger partial charge >= 0.3 is 0 Å². The first-order chi connectivity index (χ1) is 6.57. The summed E-state index contributed by atoms with van der Waals surface area (Å²) in [6.45, 7) is 1.88. The molecule has 1 aliphatic rings. The summed E-state index contributed by atoms with van der Waals surface area (Å²) in [5.41, 5.74) is 7.75. The van der Waals surface area contributed by atoms with E-state index < -0.39 is 0 Å². The maximum Gasteiger partial charge on any atom is 0.165 e. The van der Waals surface area contributed by atoms with Crippen LogP contribution in [0.1, 0.15) is 24.0 Å². The molecule has 1 fully saturated rings. The zero-order valence-corrected chi connectivity index (χ0v) is 8.43. The van der Waals surface area contributed by atoms with Crippen molar-refractivity contribution in [3.63, 3.8) is 0 Å². The van der Waals surface area contributed by atoms with Crippen LogP contribution >= 0.6 is 0 Å². The maximum absolute atomic E-state index is 13.3. The van der Waals surface area contributed by atoms with Gasteiger partial charge in [-0.25, -0.2) is 4.39 Å². The lowest BCUT2D eigenvalue weighted by molar-refractivity contribution is 0.385. The highest BCUT2D eigenvalue weighted by Gasteiger charge is 2.41. The Morgan fingerprint density at radius 2 is 2.07 bits per heavy atom. The van der Waals surface area contributed by atoms with E-state index in [-0.39, 0.29) is 17.1 Å². The van der Waals surface area contributed by atoms with Crippen molar-refractivity contribution in [3.8, 4) is 5.75 Å². The first-order valence-corrected chi connectivity index (χ1v) is 4.70. The molecule has 1 aliphatic carbocycles. The van der Waals surface area contributed by atoms with Crippen molar-refractivity contribution in [2.24, 2.45) is 5.73 Å². The first kappa shape index (κ1) is 9.46. The van der Waals surface area contributed by atoms with Crippen LogP contribution in [0, 0.1) is 12.7 Å². The molecule has 1 aromatic rings. The lowest BCUT2D eigenvalue weighted by Crippen LogP contribution is -2.20. The molecular formula is C11H14FNO. The zero-order valence-electron chi connectivity index (χ0n) is 8.43. The second-order valence-electron chi connectivity index (χ2n) is 3.96. The monoisotopic (exact) mass is 195 g/mol. The molecule has 0 atom stereocenters. The Hall–Kier alpha value is -1.09. The molecular weight excluding hydrogens is 181 g/mol. The fourth-order valence-electron chi connectivity index (χ4n) is 1.75. The molecule has 2 rings (SSSR count). The molecule has 0 unspecified atom stereocenters. The highest BCUT2D eigenvalue weighted by atomic mass is 19.1. The van der Waals surface area contributed by atoms with E-state index in [1.54, 1.807) is 6.07 Å². The topological polar surface area (TPSA) is 35.2 Å². The molecule has 14 heavy (non-hydrogen) atoms. The van der Waals surface area contributed by atoms with E-state index in [1.807, 2.05) is 6.92 Å².